The third-order valence-corrected chi connectivity index (χ3v) is 6.19. The van der Waals surface area contributed by atoms with Crippen LogP contribution >= 0.6 is 0 Å². The van der Waals surface area contributed by atoms with E-state index in [2.05, 4.69) is 23.8 Å². The maximum atomic E-state index is 13.2. The van der Waals surface area contributed by atoms with Crippen LogP contribution < -0.4 is 10.6 Å². The molecular formula is C30H46N2O6. The van der Waals surface area contributed by atoms with E-state index in [9.17, 15) is 14.4 Å². The van der Waals surface area contributed by atoms with Crippen molar-refractivity contribution in [3.05, 3.63) is 61.2 Å². The first-order chi connectivity index (χ1) is 18.1. The molecule has 3 N–H and O–H groups in total. The number of aliphatic hydroxyl groups excluding tert-OH is 1. The van der Waals surface area contributed by atoms with Crippen molar-refractivity contribution in [1.82, 2.24) is 10.6 Å². The summed E-state index contributed by atoms with van der Waals surface area (Å²) in [5.41, 5.74) is 0.668. The van der Waals surface area contributed by atoms with Crippen molar-refractivity contribution >= 4 is 17.8 Å². The molecule has 0 fully saturated rings. The van der Waals surface area contributed by atoms with E-state index in [1.54, 1.807) is 12.2 Å². The summed E-state index contributed by atoms with van der Waals surface area (Å²) in [7, 11) is 0. The van der Waals surface area contributed by atoms with Gasteiger partial charge in [0.25, 0.3) is 0 Å². The Labute approximate surface area is 227 Å². The summed E-state index contributed by atoms with van der Waals surface area (Å²) in [6.45, 7) is 14.1. The minimum atomic E-state index is -0.607. The van der Waals surface area contributed by atoms with E-state index in [4.69, 9.17) is 14.6 Å². The second-order valence-electron chi connectivity index (χ2n) is 10.4. The fourth-order valence-corrected chi connectivity index (χ4v) is 3.81. The Morgan fingerprint density at radius 3 is 2.37 bits per heavy atom. The summed E-state index contributed by atoms with van der Waals surface area (Å²) < 4.78 is 10.9. The van der Waals surface area contributed by atoms with Gasteiger partial charge in [0.15, 0.2) is 0 Å². The average Bonchev–Trinajstić information content (AvgIpc) is 2.88. The zero-order chi connectivity index (χ0) is 28.4. The topological polar surface area (TPSA) is 114 Å². The number of ether oxygens (including phenoxy) is 2. The number of hydrogen-bond acceptors (Lipinski definition) is 6. The fourth-order valence-electron chi connectivity index (χ4n) is 3.81. The van der Waals surface area contributed by atoms with Crippen LogP contribution in [0.2, 0.25) is 0 Å². The summed E-state index contributed by atoms with van der Waals surface area (Å²) in [4.78, 5) is 38.6. The highest BCUT2D eigenvalue weighted by molar-refractivity contribution is 5.86. The highest BCUT2D eigenvalue weighted by Gasteiger charge is 2.31. The normalized spacial score (nSPS) is 13.6. The molecule has 0 spiro atoms. The maximum Gasteiger partial charge on any atom is 0.309 e. The van der Waals surface area contributed by atoms with Gasteiger partial charge in [-0.15, -0.1) is 13.2 Å². The first-order valence-corrected chi connectivity index (χ1v) is 13.3. The van der Waals surface area contributed by atoms with Crippen molar-refractivity contribution in [3.63, 3.8) is 0 Å². The van der Waals surface area contributed by atoms with Crippen LogP contribution in [0.15, 0.2) is 55.6 Å². The van der Waals surface area contributed by atoms with Gasteiger partial charge in [0.1, 0.15) is 6.61 Å². The second-order valence-corrected chi connectivity index (χ2v) is 10.4. The molecule has 38 heavy (non-hydrogen) atoms. The van der Waals surface area contributed by atoms with Gasteiger partial charge in [-0.05, 0) is 36.7 Å². The smallest absolute Gasteiger partial charge is 0.309 e. The van der Waals surface area contributed by atoms with Gasteiger partial charge in [-0.2, -0.15) is 0 Å². The van der Waals surface area contributed by atoms with Crippen molar-refractivity contribution in [2.75, 3.05) is 33.0 Å². The van der Waals surface area contributed by atoms with Crippen LogP contribution in [-0.2, 0) is 30.3 Å². The van der Waals surface area contributed by atoms with Crippen molar-refractivity contribution in [1.29, 1.82) is 0 Å². The Kier molecular flexibility index (Phi) is 15.9. The number of nitrogens with one attached hydrogen (secondary N) is 2. The molecule has 0 bridgehead atoms. The largest absolute Gasteiger partial charge is 0.463 e. The van der Waals surface area contributed by atoms with Crippen LogP contribution in [-0.4, -0.2) is 61.9 Å². The molecule has 0 aliphatic carbocycles. The molecule has 0 radical (unpaired) electrons. The molecule has 1 aromatic rings. The minimum Gasteiger partial charge on any atom is -0.463 e. The lowest BCUT2D eigenvalue weighted by Crippen LogP contribution is -2.49. The van der Waals surface area contributed by atoms with Gasteiger partial charge >= 0.3 is 5.97 Å². The lowest BCUT2D eigenvalue weighted by molar-refractivity contribution is -0.151. The highest BCUT2D eigenvalue weighted by atomic mass is 16.5. The van der Waals surface area contributed by atoms with Gasteiger partial charge in [0, 0.05) is 13.0 Å². The summed E-state index contributed by atoms with van der Waals surface area (Å²) in [6.07, 6.45) is 5.63. The van der Waals surface area contributed by atoms with E-state index in [0.717, 1.165) is 5.56 Å². The number of rotatable bonds is 19. The molecule has 0 unspecified atom stereocenters. The lowest BCUT2D eigenvalue weighted by atomic mass is 9.86. The van der Waals surface area contributed by atoms with E-state index < -0.39 is 17.4 Å². The number of carbonyl (C=O) groups excluding carboxylic acids is 3. The molecule has 0 aliphatic rings. The number of benzene rings is 1. The van der Waals surface area contributed by atoms with Gasteiger partial charge in [-0.1, -0.05) is 63.3 Å². The molecule has 0 aromatic heterocycles. The number of carbonyl (C=O) groups is 3. The summed E-state index contributed by atoms with van der Waals surface area (Å²) in [5, 5.41) is 14.5. The SMILES string of the molecule is C=CCC[C@H](Cc1ccccc1)C(=O)OC[C@@H](NC(=O)[C@@H](CC=C)CC(=O)NCCOCCO)C(C)(C)C. The molecule has 3 atom stereocenters. The van der Waals surface area contributed by atoms with Gasteiger partial charge in [0.05, 0.1) is 37.7 Å². The van der Waals surface area contributed by atoms with Crippen LogP contribution in [0.4, 0.5) is 0 Å². The fraction of sp³-hybridized carbons (Fsp3) is 0.567. The van der Waals surface area contributed by atoms with Crippen LogP contribution in [0, 0.1) is 17.3 Å². The molecule has 8 heteroatoms. The summed E-state index contributed by atoms with van der Waals surface area (Å²) in [5.74, 6) is -1.79. The molecule has 2 amide bonds. The van der Waals surface area contributed by atoms with Crippen molar-refractivity contribution in [3.8, 4) is 0 Å². The molecule has 0 aliphatic heterocycles. The highest BCUT2D eigenvalue weighted by Crippen LogP contribution is 2.23. The van der Waals surface area contributed by atoms with E-state index in [-0.39, 0.29) is 63.1 Å². The van der Waals surface area contributed by atoms with Crippen LogP contribution in [0.25, 0.3) is 0 Å². The standard InChI is InChI=1S/C30H46N2O6/c1-6-8-15-25(20-23-13-10-9-11-14-23)29(36)38-22-26(30(3,4)5)32-28(35)24(12-7-2)21-27(34)31-16-18-37-19-17-33/h6-7,9-11,13-14,24-26,33H,1-2,8,12,15-22H2,3-5H3,(H,31,34)(H,32,35)/t24-,25+,26+/m0/s1. The average molecular weight is 531 g/mol. The van der Waals surface area contributed by atoms with Gasteiger partial charge in [-0.3, -0.25) is 14.4 Å². The van der Waals surface area contributed by atoms with E-state index in [1.165, 1.54) is 0 Å². The molecule has 0 saturated heterocycles. The Morgan fingerprint density at radius 1 is 1.05 bits per heavy atom. The zero-order valence-electron chi connectivity index (χ0n) is 23.2. The molecule has 0 heterocycles. The van der Waals surface area contributed by atoms with E-state index in [1.807, 2.05) is 51.1 Å². The third kappa shape index (κ3) is 13.5. The zero-order valence-corrected chi connectivity index (χ0v) is 23.2. The first kappa shape index (κ1) is 33.1. The predicted molar refractivity (Wildman–Crippen MR) is 149 cm³/mol. The maximum absolute atomic E-state index is 13.2. The Balaban J connectivity index is 2.78. The summed E-state index contributed by atoms with van der Waals surface area (Å²) >= 11 is 0. The van der Waals surface area contributed by atoms with Crippen LogP contribution in [0.1, 0.15) is 52.0 Å². The van der Waals surface area contributed by atoms with Gasteiger partial charge in [0.2, 0.25) is 11.8 Å². The van der Waals surface area contributed by atoms with E-state index in [0.29, 0.717) is 25.7 Å². The number of allylic oxidation sites excluding steroid dienone is 2. The Bertz CT molecular complexity index is 865. The van der Waals surface area contributed by atoms with Crippen molar-refractivity contribution in [2.45, 2.75) is 58.9 Å². The number of esters is 1. The minimum absolute atomic E-state index is 0.00476. The molecule has 212 valence electrons. The number of amides is 2. The van der Waals surface area contributed by atoms with Crippen LogP contribution in [0.5, 0.6) is 0 Å². The molecule has 1 aromatic carbocycles. The molecular weight excluding hydrogens is 484 g/mol. The van der Waals surface area contributed by atoms with Gasteiger partial charge in [-0.25, -0.2) is 0 Å². The molecule has 1 rings (SSSR count). The quantitative estimate of drug-likeness (QED) is 0.143. The third-order valence-electron chi connectivity index (χ3n) is 6.19. The van der Waals surface area contributed by atoms with Gasteiger partial charge < -0.3 is 25.2 Å². The van der Waals surface area contributed by atoms with E-state index >= 15 is 0 Å². The Hall–Kier alpha value is -2.97. The lowest BCUT2D eigenvalue weighted by Gasteiger charge is -2.32. The molecule has 0 saturated carbocycles. The monoisotopic (exact) mass is 530 g/mol. The van der Waals surface area contributed by atoms with Crippen LogP contribution in [0.3, 0.4) is 0 Å². The Morgan fingerprint density at radius 2 is 1.76 bits per heavy atom. The second kappa shape index (κ2) is 18.3. The molecule has 8 nitrogen and oxygen atoms in total. The number of hydrogen-bond donors (Lipinski definition) is 3. The van der Waals surface area contributed by atoms with Crippen molar-refractivity contribution in [2.24, 2.45) is 17.3 Å². The predicted octanol–water partition coefficient (Wildman–Crippen LogP) is 3.59. The first-order valence-electron chi connectivity index (χ1n) is 13.3. The van der Waals surface area contributed by atoms with Crippen molar-refractivity contribution < 1.29 is 29.0 Å². The number of aliphatic hydroxyl groups is 1. The summed E-state index contributed by atoms with van der Waals surface area (Å²) in [6, 6.07) is 9.37.